The molecule has 0 spiro atoms. The Labute approximate surface area is 70.5 Å². The number of H-pyrrole nitrogens is 1. The fourth-order valence-corrected chi connectivity index (χ4v) is 1.47. The summed E-state index contributed by atoms with van der Waals surface area (Å²) < 4.78 is 5.21. The molecule has 12 heavy (non-hydrogen) atoms. The van der Waals surface area contributed by atoms with Crippen molar-refractivity contribution < 1.29 is 4.74 Å². The Hall–Kier alpha value is -0.940. The van der Waals surface area contributed by atoms with E-state index in [-0.39, 0.29) is 6.04 Å². The number of methoxy groups -OCH3 is 1. The fraction of sp³-hybridized carbons (Fsp3) is 0.714. The Kier molecular flexibility index (Phi) is 2.05. The maximum atomic E-state index is 5.21. The highest BCUT2D eigenvalue weighted by Crippen LogP contribution is 2.20. The van der Waals surface area contributed by atoms with Crippen LogP contribution in [0.2, 0.25) is 0 Å². The van der Waals surface area contributed by atoms with Crippen LogP contribution in [0.4, 0.5) is 0 Å². The lowest BCUT2D eigenvalue weighted by atomic mass is 10.2. The highest BCUT2D eigenvalue weighted by molar-refractivity contribution is 4.97. The summed E-state index contributed by atoms with van der Waals surface area (Å²) in [5.41, 5.74) is 0. The van der Waals surface area contributed by atoms with Crippen LogP contribution in [0.3, 0.4) is 0 Å². The van der Waals surface area contributed by atoms with Crippen LogP contribution >= 0.6 is 0 Å². The summed E-state index contributed by atoms with van der Waals surface area (Å²) in [6.07, 6.45) is 2.79. The van der Waals surface area contributed by atoms with E-state index in [0.717, 1.165) is 18.8 Å². The molecule has 0 saturated carbocycles. The van der Waals surface area contributed by atoms with Gasteiger partial charge in [-0.2, -0.15) is 5.10 Å². The van der Waals surface area contributed by atoms with Crippen molar-refractivity contribution in [2.24, 2.45) is 0 Å². The first-order valence-corrected chi connectivity index (χ1v) is 4.01. The quantitative estimate of drug-likeness (QED) is 0.645. The summed E-state index contributed by atoms with van der Waals surface area (Å²) in [7, 11) is 1.73. The number of aromatic nitrogens is 3. The summed E-state index contributed by atoms with van der Waals surface area (Å²) in [6.45, 7) is 0.891. The van der Waals surface area contributed by atoms with Crippen LogP contribution in [0, 0.1) is 0 Å². The molecule has 2 atom stereocenters. The van der Waals surface area contributed by atoms with Crippen LogP contribution in [0.5, 0.6) is 0 Å². The van der Waals surface area contributed by atoms with Crippen molar-refractivity contribution in [2.75, 3.05) is 13.7 Å². The van der Waals surface area contributed by atoms with Gasteiger partial charge in [0.25, 0.3) is 0 Å². The second-order valence-corrected chi connectivity index (χ2v) is 2.92. The molecule has 1 aromatic rings. The van der Waals surface area contributed by atoms with E-state index in [9.17, 15) is 0 Å². The predicted octanol–water partition coefficient (Wildman–Crippen LogP) is -0.146. The van der Waals surface area contributed by atoms with E-state index in [1.165, 1.54) is 6.33 Å². The average Bonchev–Trinajstić information content (AvgIpc) is 2.75. The van der Waals surface area contributed by atoms with Crippen LogP contribution in [-0.4, -0.2) is 34.9 Å². The predicted molar refractivity (Wildman–Crippen MR) is 42.5 cm³/mol. The molecule has 1 aromatic heterocycles. The molecule has 0 aromatic carbocycles. The minimum atomic E-state index is 0.275. The number of ether oxygens (including phenoxy) is 1. The fourth-order valence-electron chi connectivity index (χ4n) is 1.47. The first-order valence-electron chi connectivity index (χ1n) is 4.01. The number of hydrogen-bond donors (Lipinski definition) is 2. The Bertz CT molecular complexity index is 236. The van der Waals surface area contributed by atoms with Gasteiger partial charge in [0.05, 0.1) is 12.1 Å². The lowest BCUT2D eigenvalue weighted by molar-refractivity contribution is 0.117. The molecule has 1 saturated heterocycles. The molecule has 1 fully saturated rings. The van der Waals surface area contributed by atoms with E-state index in [2.05, 4.69) is 20.5 Å². The lowest BCUT2D eigenvalue weighted by Crippen LogP contribution is -2.16. The summed E-state index contributed by atoms with van der Waals surface area (Å²) >= 11 is 0. The highest BCUT2D eigenvalue weighted by Gasteiger charge is 2.26. The molecule has 5 heteroatoms. The third-order valence-corrected chi connectivity index (χ3v) is 2.19. The SMILES string of the molecule is CO[C@@H]1CN[C@H](c2ncn[nH]2)C1. The van der Waals surface area contributed by atoms with Crippen molar-refractivity contribution >= 4 is 0 Å². The van der Waals surface area contributed by atoms with Gasteiger partial charge in [0.1, 0.15) is 12.2 Å². The summed E-state index contributed by atoms with van der Waals surface area (Å²) in [5.74, 6) is 0.898. The Morgan fingerprint density at radius 2 is 2.58 bits per heavy atom. The number of nitrogens with one attached hydrogen (secondary N) is 2. The number of hydrogen-bond acceptors (Lipinski definition) is 4. The molecule has 5 nitrogen and oxygen atoms in total. The largest absolute Gasteiger partial charge is 0.380 e. The van der Waals surface area contributed by atoms with Gasteiger partial charge in [-0.3, -0.25) is 5.10 Å². The topological polar surface area (TPSA) is 62.8 Å². The minimum Gasteiger partial charge on any atom is -0.380 e. The Morgan fingerprint density at radius 1 is 1.67 bits per heavy atom. The van der Waals surface area contributed by atoms with Crippen molar-refractivity contribution in [2.45, 2.75) is 18.6 Å². The molecule has 0 bridgehead atoms. The molecule has 2 N–H and O–H groups in total. The zero-order valence-corrected chi connectivity index (χ0v) is 6.95. The highest BCUT2D eigenvalue weighted by atomic mass is 16.5. The summed E-state index contributed by atoms with van der Waals surface area (Å²) in [5, 5.41) is 9.95. The zero-order chi connectivity index (χ0) is 8.39. The van der Waals surface area contributed by atoms with Gasteiger partial charge in [-0.25, -0.2) is 4.98 Å². The monoisotopic (exact) mass is 168 g/mol. The van der Waals surface area contributed by atoms with Crippen molar-refractivity contribution in [3.8, 4) is 0 Å². The van der Waals surface area contributed by atoms with Crippen LogP contribution in [0.25, 0.3) is 0 Å². The van der Waals surface area contributed by atoms with E-state index in [0.29, 0.717) is 6.10 Å². The molecule has 0 amide bonds. The average molecular weight is 168 g/mol. The minimum absolute atomic E-state index is 0.275. The van der Waals surface area contributed by atoms with E-state index < -0.39 is 0 Å². The van der Waals surface area contributed by atoms with Gasteiger partial charge in [0.15, 0.2) is 0 Å². The number of rotatable bonds is 2. The van der Waals surface area contributed by atoms with E-state index >= 15 is 0 Å². The van der Waals surface area contributed by atoms with Crippen LogP contribution in [-0.2, 0) is 4.74 Å². The number of aromatic amines is 1. The Morgan fingerprint density at radius 3 is 3.17 bits per heavy atom. The van der Waals surface area contributed by atoms with Crippen LogP contribution in [0.15, 0.2) is 6.33 Å². The first-order chi connectivity index (χ1) is 5.90. The maximum Gasteiger partial charge on any atom is 0.141 e. The second kappa shape index (κ2) is 3.20. The summed E-state index contributed by atoms with van der Waals surface area (Å²) in [4.78, 5) is 4.08. The molecular formula is C7H12N4O. The molecule has 0 radical (unpaired) electrons. The molecule has 0 unspecified atom stereocenters. The molecule has 1 aliphatic rings. The zero-order valence-electron chi connectivity index (χ0n) is 6.95. The van der Waals surface area contributed by atoms with Gasteiger partial charge in [-0.1, -0.05) is 0 Å². The molecule has 2 heterocycles. The van der Waals surface area contributed by atoms with E-state index in [1.807, 2.05) is 0 Å². The Balaban J connectivity index is 2.00. The van der Waals surface area contributed by atoms with Crippen molar-refractivity contribution in [1.29, 1.82) is 0 Å². The van der Waals surface area contributed by atoms with Crippen molar-refractivity contribution in [1.82, 2.24) is 20.5 Å². The first kappa shape index (κ1) is 7.70. The third-order valence-electron chi connectivity index (χ3n) is 2.19. The standard InChI is InChI=1S/C7H12N4O/c1-12-5-2-6(8-3-5)7-9-4-10-11-7/h4-6,8H,2-3H2,1H3,(H,9,10,11)/t5-,6-/m0/s1. The smallest absolute Gasteiger partial charge is 0.141 e. The van der Waals surface area contributed by atoms with Gasteiger partial charge in [0.2, 0.25) is 0 Å². The van der Waals surface area contributed by atoms with Crippen LogP contribution in [0.1, 0.15) is 18.3 Å². The molecule has 1 aliphatic heterocycles. The van der Waals surface area contributed by atoms with Gasteiger partial charge in [0, 0.05) is 13.7 Å². The molecule has 0 aliphatic carbocycles. The van der Waals surface area contributed by atoms with Crippen LogP contribution < -0.4 is 5.32 Å². The van der Waals surface area contributed by atoms with Gasteiger partial charge >= 0.3 is 0 Å². The van der Waals surface area contributed by atoms with Crippen molar-refractivity contribution in [3.63, 3.8) is 0 Å². The van der Waals surface area contributed by atoms with Gasteiger partial charge < -0.3 is 10.1 Å². The van der Waals surface area contributed by atoms with E-state index in [1.54, 1.807) is 7.11 Å². The third kappa shape index (κ3) is 1.33. The van der Waals surface area contributed by atoms with Gasteiger partial charge in [-0.15, -0.1) is 0 Å². The normalized spacial score (nSPS) is 29.4. The molecule has 2 rings (SSSR count). The molecular weight excluding hydrogens is 156 g/mol. The molecule has 66 valence electrons. The maximum absolute atomic E-state index is 5.21. The number of nitrogens with zero attached hydrogens (tertiary/aromatic N) is 2. The summed E-state index contributed by atoms with van der Waals surface area (Å²) in [6, 6.07) is 0.275. The second-order valence-electron chi connectivity index (χ2n) is 2.92. The van der Waals surface area contributed by atoms with E-state index in [4.69, 9.17) is 4.74 Å². The lowest BCUT2D eigenvalue weighted by Gasteiger charge is -2.05. The van der Waals surface area contributed by atoms with Crippen molar-refractivity contribution in [3.05, 3.63) is 12.2 Å². The van der Waals surface area contributed by atoms with Gasteiger partial charge in [-0.05, 0) is 6.42 Å².